The Morgan fingerprint density at radius 3 is 2.46 bits per heavy atom. The van der Waals surface area contributed by atoms with Gasteiger partial charge in [0.15, 0.2) is 0 Å². The van der Waals surface area contributed by atoms with Gasteiger partial charge in [0.25, 0.3) is 5.91 Å². The minimum absolute atomic E-state index is 0.118. The van der Waals surface area contributed by atoms with Crippen molar-refractivity contribution in [2.24, 2.45) is 0 Å². The molecule has 2 aromatic heterocycles. The number of pyridine rings is 1. The van der Waals surface area contributed by atoms with Gasteiger partial charge in [-0.25, -0.2) is 9.97 Å². The molecular weight excluding hydrogens is 354 g/mol. The Labute approximate surface area is 164 Å². The molecule has 7 nitrogen and oxygen atoms in total. The maximum Gasteiger partial charge on any atom is 0.270 e. The van der Waals surface area contributed by atoms with Crippen LogP contribution in [0.2, 0.25) is 0 Å². The average molecular weight is 377 g/mol. The summed E-state index contributed by atoms with van der Waals surface area (Å²) in [7, 11) is 0. The number of nitrogens with one attached hydrogen (secondary N) is 2. The largest absolute Gasteiger partial charge is 0.491 e. The van der Waals surface area contributed by atoms with E-state index in [9.17, 15) is 4.79 Å². The summed E-state index contributed by atoms with van der Waals surface area (Å²) in [5.74, 6) is 0.902. The zero-order valence-corrected chi connectivity index (χ0v) is 16.1. The highest BCUT2D eigenvalue weighted by molar-refractivity contribution is 5.92. The third-order valence-electron chi connectivity index (χ3n) is 3.77. The number of hydrogen-bond donors (Lipinski definition) is 2. The third kappa shape index (κ3) is 5.51. The van der Waals surface area contributed by atoms with E-state index in [0.29, 0.717) is 23.9 Å². The van der Waals surface area contributed by atoms with E-state index in [1.165, 1.54) is 0 Å². The van der Waals surface area contributed by atoms with E-state index in [1.54, 1.807) is 18.5 Å². The fraction of sp³-hybridized carbons (Fsp3) is 0.238. The standard InChI is InChI=1S/C21H23N5O2/c1-14(2)28-18-6-4-17(5-7-18)25-21-24-15(3)12-19(26-21)20(27)23-13-16-8-10-22-11-9-16/h4-12,14H,13H2,1-3H3,(H,23,27)(H,24,25,26). The molecule has 0 unspecified atom stereocenters. The highest BCUT2D eigenvalue weighted by Crippen LogP contribution is 2.19. The molecule has 0 aliphatic carbocycles. The van der Waals surface area contributed by atoms with Crippen LogP contribution in [-0.2, 0) is 6.54 Å². The molecule has 1 amide bonds. The summed E-state index contributed by atoms with van der Waals surface area (Å²) >= 11 is 0. The van der Waals surface area contributed by atoms with Crippen molar-refractivity contribution in [2.45, 2.75) is 33.4 Å². The van der Waals surface area contributed by atoms with Crippen LogP contribution < -0.4 is 15.4 Å². The van der Waals surface area contributed by atoms with Gasteiger partial charge in [0, 0.05) is 30.3 Å². The normalized spacial score (nSPS) is 10.6. The summed E-state index contributed by atoms with van der Waals surface area (Å²) in [4.78, 5) is 25.1. The number of carbonyl (C=O) groups excluding carboxylic acids is 1. The van der Waals surface area contributed by atoms with Crippen LogP contribution in [0.3, 0.4) is 0 Å². The van der Waals surface area contributed by atoms with Gasteiger partial charge in [-0.3, -0.25) is 9.78 Å². The van der Waals surface area contributed by atoms with Crippen molar-refractivity contribution in [3.8, 4) is 5.75 Å². The zero-order valence-electron chi connectivity index (χ0n) is 16.1. The predicted octanol–water partition coefficient (Wildman–Crippen LogP) is 3.64. The molecule has 0 bridgehead atoms. The lowest BCUT2D eigenvalue weighted by atomic mass is 10.2. The number of hydrogen-bond acceptors (Lipinski definition) is 6. The smallest absolute Gasteiger partial charge is 0.270 e. The lowest BCUT2D eigenvalue weighted by molar-refractivity contribution is 0.0945. The summed E-state index contributed by atoms with van der Waals surface area (Å²) in [5, 5.41) is 5.99. The average Bonchev–Trinajstić information content (AvgIpc) is 2.67. The zero-order chi connectivity index (χ0) is 19.9. The third-order valence-corrected chi connectivity index (χ3v) is 3.77. The van der Waals surface area contributed by atoms with Crippen LogP contribution >= 0.6 is 0 Å². The fourth-order valence-corrected chi connectivity index (χ4v) is 2.53. The molecule has 0 aliphatic heterocycles. The van der Waals surface area contributed by atoms with Gasteiger partial charge >= 0.3 is 0 Å². The molecule has 7 heteroatoms. The molecular formula is C21H23N5O2. The van der Waals surface area contributed by atoms with Crippen molar-refractivity contribution in [3.05, 3.63) is 71.8 Å². The van der Waals surface area contributed by atoms with Crippen molar-refractivity contribution in [1.82, 2.24) is 20.3 Å². The van der Waals surface area contributed by atoms with Gasteiger partial charge < -0.3 is 15.4 Å². The molecule has 144 valence electrons. The Morgan fingerprint density at radius 1 is 1.07 bits per heavy atom. The number of anilines is 2. The SMILES string of the molecule is Cc1cc(C(=O)NCc2ccncc2)nc(Nc2ccc(OC(C)C)cc2)n1. The van der Waals surface area contributed by atoms with Crippen LogP contribution in [0.5, 0.6) is 5.75 Å². The number of benzene rings is 1. The predicted molar refractivity (Wildman–Crippen MR) is 108 cm³/mol. The second-order valence-corrected chi connectivity index (χ2v) is 6.57. The van der Waals surface area contributed by atoms with Gasteiger partial charge in [-0.1, -0.05) is 0 Å². The van der Waals surface area contributed by atoms with Crippen LogP contribution in [-0.4, -0.2) is 27.0 Å². The number of ether oxygens (including phenoxy) is 1. The molecule has 0 spiro atoms. The summed E-state index contributed by atoms with van der Waals surface area (Å²) in [6, 6.07) is 12.9. The second kappa shape index (κ2) is 8.94. The van der Waals surface area contributed by atoms with Gasteiger partial charge in [-0.2, -0.15) is 0 Å². The number of aryl methyl sites for hydroxylation is 1. The lowest BCUT2D eigenvalue weighted by Gasteiger charge is -2.11. The molecule has 3 aromatic rings. The molecule has 2 heterocycles. The highest BCUT2D eigenvalue weighted by atomic mass is 16.5. The minimum Gasteiger partial charge on any atom is -0.491 e. The molecule has 28 heavy (non-hydrogen) atoms. The quantitative estimate of drug-likeness (QED) is 0.653. The molecule has 1 aromatic carbocycles. The first-order chi connectivity index (χ1) is 13.5. The maximum absolute atomic E-state index is 12.5. The van der Waals surface area contributed by atoms with E-state index in [-0.39, 0.29) is 12.0 Å². The summed E-state index contributed by atoms with van der Waals surface area (Å²) in [6.45, 7) is 6.19. The van der Waals surface area contributed by atoms with Crippen LogP contribution in [0.15, 0.2) is 54.9 Å². The van der Waals surface area contributed by atoms with Crippen molar-refractivity contribution < 1.29 is 9.53 Å². The first-order valence-corrected chi connectivity index (χ1v) is 9.06. The Kier molecular flexibility index (Phi) is 6.16. The number of carbonyl (C=O) groups is 1. The first-order valence-electron chi connectivity index (χ1n) is 9.06. The molecule has 0 saturated carbocycles. The van der Waals surface area contributed by atoms with E-state index >= 15 is 0 Å². The summed E-state index contributed by atoms with van der Waals surface area (Å²) in [5.41, 5.74) is 2.79. The van der Waals surface area contributed by atoms with E-state index in [2.05, 4.69) is 25.6 Å². The number of nitrogens with zero attached hydrogens (tertiary/aromatic N) is 3. The molecule has 0 aliphatic rings. The second-order valence-electron chi connectivity index (χ2n) is 6.57. The summed E-state index contributed by atoms with van der Waals surface area (Å²) < 4.78 is 5.64. The highest BCUT2D eigenvalue weighted by Gasteiger charge is 2.11. The van der Waals surface area contributed by atoms with Gasteiger partial charge in [0.1, 0.15) is 11.4 Å². The van der Waals surface area contributed by atoms with E-state index < -0.39 is 0 Å². The Hall–Kier alpha value is -3.48. The molecule has 0 radical (unpaired) electrons. The number of aromatic nitrogens is 3. The summed E-state index contributed by atoms with van der Waals surface area (Å²) in [6.07, 6.45) is 3.50. The molecule has 3 rings (SSSR count). The van der Waals surface area contributed by atoms with Crippen LogP contribution in [0.25, 0.3) is 0 Å². The van der Waals surface area contributed by atoms with E-state index in [4.69, 9.17) is 4.74 Å². The van der Waals surface area contributed by atoms with Crippen LogP contribution in [0, 0.1) is 6.92 Å². The molecule has 2 N–H and O–H groups in total. The van der Waals surface area contributed by atoms with Gasteiger partial charge in [0.2, 0.25) is 5.95 Å². The van der Waals surface area contributed by atoms with Crippen molar-refractivity contribution in [2.75, 3.05) is 5.32 Å². The van der Waals surface area contributed by atoms with Gasteiger partial charge in [0.05, 0.1) is 6.10 Å². The van der Waals surface area contributed by atoms with Crippen LogP contribution in [0.4, 0.5) is 11.6 Å². The van der Waals surface area contributed by atoms with E-state index in [0.717, 1.165) is 17.0 Å². The number of amides is 1. The first kappa shape index (κ1) is 19.3. The maximum atomic E-state index is 12.5. The minimum atomic E-state index is -0.258. The molecule has 0 fully saturated rings. The van der Waals surface area contributed by atoms with Gasteiger partial charge in [-0.05, 0) is 68.8 Å². The Balaban J connectivity index is 1.67. The Morgan fingerprint density at radius 2 is 1.79 bits per heavy atom. The number of rotatable bonds is 7. The fourth-order valence-electron chi connectivity index (χ4n) is 2.53. The van der Waals surface area contributed by atoms with Crippen molar-refractivity contribution in [3.63, 3.8) is 0 Å². The van der Waals surface area contributed by atoms with Crippen molar-refractivity contribution >= 4 is 17.5 Å². The van der Waals surface area contributed by atoms with Crippen molar-refractivity contribution in [1.29, 1.82) is 0 Å². The molecule has 0 atom stereocenters. The topological polar surface area (TPSA) is 89.0 Å². The molecule has 0 saturated heterocycles. The Bertz CT molecular complexity index is 927. The monoisotopic (exact) mass is 377 g/mol. The lowest BCUT2D eigenvalue weighted by Crippen LogP contribution is -2.24. The van der Waals surface area contributed by atoms with E-state index in [1.807, 2.05) is 57.2 Å². The van der Waals surface area contributed by atoms with Crippen LogP contribution in [0.1, 0.15) is 35.6 Å². The van der Waals surface area contributed by atoms with Gasteiger partial charge in [-0.15, -0.1) is 0 Å².